The molecular weight excluding hydrogens is 204 g/mol. The Hall–Kier alpha value is -0.280. The zero-order chi connectivity index (χ0) is 11.2. The van der Waals surface area contributed by atoms with E-state index in [4.69, 9.17) is 16.3 Å². The maximum atomic E-state index is 11.3. The molecule has 3 nitrogen and oxygen atoms in total. The molecule has 0 bridgehead atoms. The highest BCUT2D eigenvalue weighted by Gasteiger charge is 2.73. The van der Waals surface area contributed by atoms with E-state index in [0.29, 0.717) is 0 Å². The summed E-state index contributed by atoms with van der Waals surface area (Å²) in [5.41, 5.74) is -0.528. The van der Waals surface area contributed by atoms with Gasteiger partial charge in [-0.25, -0.2) is 4.79 Å². The first-order valence-corrected chi connectivity index (χ1v) is 5.00. The summed E-state index contributed by atoms with van der Waals surface area (Å²) < 4.78 is 9.90. The van der Waals surface area contributed by atoms with Gasteiger partial charge in [0.05, 0.1) is 7.11 Å². The number of carbonyl (C=O) groups is 1. The second-order valence-corrected chi connectivity index (χ2v) is 5.69. The molecule has 1 aliphatic heterocycles. The molecule has 2 unspecified atom stereocenters. The van der Waals surface area contributed by atoms with Crippen molar-refractivity contribution in [2.75, 3.05) is 7.11 Å². The molecule has 1 saturated heterocycles. The highest BCUT2D eigenvalue weighted by atomic mass is 35.5. The zero-order valence-electron chi connectivity index (χ0n) is 9.31. The van der Waals surface area contributed by atoms with E-state index in [-0.39, 0.29) is 5.41 Å². The quantitative estimate of drug-likeness (QED) is 0.407. The Morgan fingerprint density at radius 2 is 2.00 bits per heavy atom. The molecule has 4 heteroatoms. The smallest absolute Gasteiger partial charge is 0.357 e. The summed E-state index contributed by atoms with van der Waals surface area (Å²) in [7, 11) is 1.31. The van der Waals surface area contributed by atoms with Gasteiger partial charge in [0.2, 0.25) is 0 Å². The molecule has 2 atom stereocenters. The highest BCUT2D eigenvalue weighted by Crippen LogP contribution is 2.56. The predicted octanol–water partition coefficient (Wildman–Crippen LogP) is 2.32. The van der Waals surface area contributed by atoms with Crippen molar-refractivity contribution in [1.82, 2.24) is 0 Å². The lowest BCUT2D eigenvalue weighted by Gasteiger charge is -2.21. The monoisotopic (exact) mass is 220 g/mol. The van der Waals surface area contributed by atoms with E-state index in [0.717, 1.165) is 6.42 Å². The molecule has 0 aromatic heterocycles. The van der Waals surface area contributed by atoms with Crippen LogP contribution < -0.4 is 0 Å². The molecule has 1 fully saturated rings. The van der Waals surface area contributed by atoms with Gasteiger partial charge >= 0.3 is 5.97 Å². The number of methoxy groups -OCH3 is 1. The van der Waals surface area contributed by atoms with Crippen molar-refractivity contribution in [3.8, 4) is 0 Å². The fourth-order valence-corrected chi connectivity index (χ4v) is 2.15. The van der Waals surface area contributed by atoms with Gasteiger partial charge in [-0.2, -0.15) is 0 Å². The SMILES string of the molecule is COC(=O)C1(Cl)OC1(C)CC(C)(C)C. The Kier molecular flexibility index (Phi) is 2.62. The Morgan fingerprint density at radius 3 is 2.36 bits per heavy atom. The average molecular weight is 221 g/mol. The van der Waals surface area contributed by atoms with Gasteiger partial charge in [0.15, 0.2) is 0 Å². The lowest BCUT2D eigenvalue weighted by Crippen LogP contribution is -2.31. The predicted molar refractivity (Wildman–Crippen MR) is 54.2 cm³/mol. The van der Waals surface area contributed by atoms with Crippen molar-refractivity contribution in [3.05, 3.63) is 0 Å². The molecule has 82 valence electrons. The zero-order valence-corrected chi connectivity index (χ0v) is 10.1. The molecule has 0 N–H and O–H groups in total. The highest BCUT2D eigenvalue weighted by molar-refractivity contribution is 6.35. The van der Waals surface area contributed by atoms with Crippen molar-refractivity contribution < 1.29 is 14.3 Å². The van der Waals surface area contributed by atoms with Crippen LogP contribution in [-0.4, -0.2) is 23.7 Å². The van der Waals surface area contributed by atoms with Crippen LogP contribution in [0.2, 0.25) is 0 Å². The normalized spacial score (nSPS) is 36.7. The van der Waals surface area contributed by atoms with E-state index in [1.165, 1.54) is 7.11 Å². The third-order valence-corrected chi connectivity index (χ3v) is 2.95. The van der Waals surface area contributed by atoms with Crippen molar-refractivity contribution >= 4 is 17.6 Å². The molecule has 1 heterocycles. The number of epoxide rings is 1. The summed E-state index contributed by atoms with van der Waals surface area (Å²) in [6.07, 6.45) is 0.721. The molecule has 0 aromatic carbocycles. The number of esters is 1. The first-order chi connectivity index (χ1) is 6.15. The first-order valence-electron chi connectivity index (χ1n) is 4.62. The first kappa shape index (κ1) is 11.8. The number of ether oxygens (including phenoxy) is 2. The number of hydrogen-bond donors (Lipinski definition) is 0. The van der Waals surface area contributed by atoms with Gasteiger partial charge < -0.3 is 9.47 Å². The molecule has 1 aliphatic rings. The lowest BCUT2D eigenvalue weighted by molar-refractivity contribution is -0.143. The topological polar surface area (TPSA) is 38.8 Å². The van der Waals surface area contributed by atoms with Crippen molar-refractivity contribution in [1.29, 1.82) is 0 Å². The number of halogens is 1. The standard InChI is InChI=1S/C10H17ClO3/c1-8(2,3)6-9(4)10(11,14-9)7(12)13-5/h6H2,1-5H3. The molecule has 0 spiro atoms. The Labute approximate surface area is 89.7 Å². The third kappa shape index (κ3) is 1.89. The minimum Gasteiger partial charge on any atom is -0.466 e. The number of carbonyl (C=O) groups excluding carboxylic acids is 1. The van der Waals surface area contributed by atoms with E-state index >= 15 is 0 Å². The van der Waals surface area contributed by atoms with Gasteiger partial charge in [0.25, 0.3) is 5.06 Å². The van der Waals surface area contributed by atoms with Crippen LogP contribution in [0.5, 0.6) is 0 Å². The van der Waals surface area contributed by atoms with Crippen LogP contribution in [0.1, 0.15) is 34.1 Å². The summed E-state index contributed by atoms with van der Waals surface area (Å²) >= 11 is 6.01. The average Bonchev–Trinajstić information content (AvgIpc) is 2.49. The van der Waals surface area contributed by atoms with E-state index in [9.17, 15) is 4.79 Å². The molecular formula is C10H17ClO3. The number of rotatable bonds is 2. The summed E-state index contributed by atoms with van der Waals surface area (Å²) in [4.78, 5) is 11.3. The van der Waals surface area contributed by atoms with Crippen LogP contribution in [0.4, 0.5) is 0 Å². The lowest BCUT2D eigenvalue weighted by atomic mass is 9.83. The van der Waals surface area contributed by atoms with Crippen LogP contribution in [0.3, 0.4) is 0 Å². The molecule has 0 radical (unpaired) electrons. The molecule has 0 amide bonds. The molecule has 0 aromatic rings. The van der Waals surface area contributed by atoms with Gasteiger partial charge in [-0.05, 0) is 18.8 Å². The van der Waals surface area contributed by atoms with E-state index in [1.807, 2.05) is 6.92 Å². The summed E-state index contributed by atoms with van der Waals surface area (Å²) in [5, 5.41) is -1.27. The second-order valence-electron chi connectivity index (χ2n) is 5.16. The molecule has 0 saturated carbocycles. The Balaban J connectivity index is 2.70. The van der Waals surface area contributed by atoms with Crippen molar-refractivity contribution in [2.24, 2.45) is 5.41 Å². The van der Waals surface area contributed by atoms with Gasteiger partial charge in [0.1, 0.15) is 5.60 Å². The van der Waals surface area contributed by atoms with Gasteiger partial charge in [-0.1, -0.05) is 32.4 Å². The van der Waals surface area contributed by atoms with Crippen LogP contribution in [-0.2, 0) is 14.3 Å². The third-order valence-electron chi connectivity index (χ3n) is 2.32. The largest absolute Gasteiger partial charge is 0.466 e. The second kappa shape index (κ2) is 3.11. The number of hydrogen-bond acceptors (Lipinski definition) is 3. The molecule has 14 heavy (non-hydrogen) atoms. The maximum Gasteiger partial charge on any atom is 0.357 e. The van der Waals surface area contributed by atoms with E-state index < -0.39 is 16.6 Å². The van der Waals surface area contributed by atoms with Gasteiger partial charge in [-0.3, -0.25) is 0 Å². The summed E-state index contributed by atoms with van der Waals surface area (Å²) in [6, 6.07) is 0. The fraction of sp³-hybridized carbons (Fsp3) is 0.900. The van der Waals surface area contributed by atoms with E-state index in [1.54, 1.807) is 0 Å². The van der Waals surface area contributed by atoms with Crippen LogP contribution in [0.15, 0.2) is 0 Å². The number of alkyl halides is 1. The minimum atomic E-state index is -1.27. The Bertz CT molecular complexity index is 259. The van der Waals surface area contributed by atoms with Crippen LogP contribution in [0.25, 0.3) is 0 Å². The van der Waals surface area contributed by atoms with Gasteiger partial charge in [0, 0.05) is 0 Å². The molecule has 0 aliphatic carbocycles. The Morgan fingerprint density at radius 1 is 1.50 bits per heavy atom. The molecule has 1 rings (SSSR count). The van der Waals surface area contributed by atoms with Crippen molar-refractivity contribution in [2.45, 2.75) is 44.8 Å². The summed E-state index contributed by atoms with van der Waals surface area (Å²) in [6.45, 7) is 8.07. The summed E-state index contributed by atoms with van der Waals surface area (Å²) in [5.74, 6) is -0.508. The maximum absolute atomic E-state index is 11.3. The van der Waals surface area contributed by atoms with Crippen LogP contribution in [0, 0.1) is 5.41 Å². The fourth-order valence-electron chi connectivity index (χ4n) is 1.84. The minimum absolute atomic E-state index is 0.0689. The van der Waals surface area contributed by atoms with Gasteiger partial charge in [-0.15, -0.1) is 0 Å². The van der Waals surface area contributed by atoms with Crippen LogP contribution >= 0.6 is 11.6 Å². The van der Waals surface area contributed by atoms with Crippen molar-refractivity contribution in [3.63, 3.8) is 0 Å². The van der Waals surface area contributed by atoms with E-state index in [2.05, 4.69) is 25.5 Å².